The van der Waals surface area contributed by atoms with Crippen LogP contribution in [-0.2, 0) is 6.54 Å². The average Bonchev–Trinajstić information content (AvgIpc) is 2.61. The van der Waals surface area contributed by atoms with Crippen LogP contribution in [0, 0.1) is 0 Å². The second-order valence-electron chi connectivity index (χ2n) is 4.03. The Balaban J connectivity index is 2.29. The summed E-state index contributed by atoms with van der Waals surface area (Å²) in [6.07, 6.45) is 3.54. The highest BCUT2D eigenvalue weighted by atomic mass is 15.4. The van der Waals surface area contributed by atoms with Gasteiger partial charge in [-0.15, -0.1) is 5.10 Å². The summed E-state index contributed by atoms with van der Waals surface area (Å²) in [4.78, 5) is 3.98. The maximum absolute atomic E-state index is 5.79. The van der Waals surface area contributed by atoms with Gasteiger partial charge in [0.15, 0.2) is 5.82 Å². The van der Waals surface area contributed by atoms with Gasteiger partial charge in [-0.1, -0.05) is 19.1 Å². The molecule has 2 aromatic rings. The molecule has 84 valence electrons. The van der Waals surface area contributed by atoms with E-state index in [1.807, 2.05) is 16.8 Å². The maximum Gasteiger partial charge on any atom is 0.169 e. The monoisotopic (exact) mass is 217 g/mol. The molecule has 0 unspecified atom stereocenters. The normalized spacial score (nSPS) is 10.9. The number of nitrogens with zero attached hydrogens (tertiary/aromatic N) is 4. The Labute approximate surface area is 94.3 Å². The number of hydrogen-bond acceptors (Lipinski definition) is 4. The molecule has 0 amide bonds. The smallest absolute Gasteiger partial charge is 0.169 e. The number of anilines is 1. The minimum atomic E-state index is 0.317. The van der Waals surface area contributed by atoms with E-state index >= 15 is 0 Å². The van der Waals surface area contributed by atoms with E-state index in [0.29, 0.717) is 18.3 Å². The topological polar surface area (TPSA) is 69.6 Å². The van der Waals surface area contributed by atoms with Crippen molar-refractivity contribution in [3.05, 3.63) is 35.8 Å². The molecule has 0 aromatic carbocycles. The summed E-state index contributed by atoms with van der Waals surface area (Å²) in [6, 6.07) is 3.92. The van der Waals surface area contributed by atoms with Crippen molar-refractivity contribution in [1.29, 1.82) is 0 Å². The van der Waals surface area contributed by atoms with Crippen LogP contribution in [0.25, 0.3) is 0 Å². The minimum absolute atomic E-state index is 0.317. The summed E-state index contributed by atoms with van der Waals surface area (Å²) in [7, 11) is 0. The lowest BCUT2D eigenvalue weighted by molar-refractivity contribution is 0.598. The van der Waals surface area contributed by atoms with Crippen molar-refractivity contribution in [3.63, 3.8) is 0 Å². The van der Waals surface area contributed by atoms with E-state index in [9.17, 15) is 0 Å². The molecule has 2 heterocycles. The number of nitrogens with two attached hydrogens (primary N) is 1. The van der Waals surface area contributed by atoms with Gasteiger partial charge in [-0.05, 0) is 23.6 Å². The van der Waals surface area contributed by atoms with Crippen molar-refractivity contribution in [2.45, 2.75) is 26.3 Å². The second-order valence-corrected chi connectivity index (χ2v) is 4.03. The van der Waals surface area contributed by atoms with Gasteiger partial charge < -0.3 is 5.73 Å². The van der Waals surface area contributed by atoms with Crippen molar-refractivity contribution < 1.29 is 0 Å². The number of nitrogen functional groups attached to an aromatic ring is 1. The van der Waals surface area contributed by atoms with Crippen LogP contribution in [0.15, 0.2) is 24.5 Å². The van der Waals surface area contributed by atoms with E-state index < -0.39 is 0 Å². The van der Waals surface area contributed by atoms with E-state index in [2.05, 4.69) is 29.1 Å². The molecule has 0 saturated carbocycles. The number of hydrogen-bond donors (Lipinski definition) is 1. The highest BCUT2D eigenvalue weighted by Crippen LogP contribution is 2.19. The molecule has 0 radical (unpaired) electrons. The lowest BCUT2D eigenvalue weighted by Gasteiger charge is -2.09. The summed E-state index contributed by atoms with van der Waals surface area (Å²) in [5.41, 5.74) is 7.91. The Morgan fingerprint density at radius 3 is 2.62 bits per heavy atom. The number of rotatable bonds is 3. The Morgan fingerprint density at radius 1 is 1.31 bits per heavy atom. The first-order valence-electron chi connectivity index (χ1n) is 5.26. The lowest BCUT2D eigenvalue weighted by atomic mass is 10.1. The molecule has 16 heavy (non-hydrogen) atoms. The molecular formula is C11H15N5. The zero-order valence-corrected chi connectivity index (χ0v) is 9.46. The second kappa shape index (κ2) is 4.30. The molecule has 2 rings (SSSR count). The Morgan fingerprint density at radius 2 is 2.00 bits per heavy atom. The summed E-state index contributed by atoms with van der Waals surface area (Å²) in [5.74, 6) is 0.834. The summed E-state index contributed by atoms with van der Waals surface area (Å²) in [5, 5.41) is 7.96. The molecule has 2 N–H and O–H groups in total. The summed E-state index contributed by atoms with van der Waals surface area (Å²) < 4.78 is 1.84. The Hall–Kier alpha value is -1.91. The standard InChI is InChI=1S/C11H15N5/c1-8(2)10-11(12)14-15-16(10)7-9-3-5-13-6-4-9/h3-6,8H,7,12H2,1-2H3. The lowest BCUT2D eigenvalue weighted by Crippen LogP contribution is -2.08. The van der Waals surface area contributed by atoms with Gasteiger partial charge in [-0.25, -0.2) is 4.68 Å². The van der Waals surface area contributed by atoms with Crippen LogP contribution >= 0.6 is 0 Å². The fraction of sp³-hybridized carbons (Fsp3) is 0.364. The van der Waals surface area contributed by atoms with Crippen LogP contribution in [0.3, 0.4) is 0 Å². The predicted molar refractivity (Wildman–Crippen MR) is 61.9 cm³/mol. The largest absolute Gasteiger partial charge is 0.381 e. The zero-order valence-electron chi connectivity index (χ0n) is 9.46. The van der Waals surface area contributed by atoms with Crippen LogP contribution < -0.4 is 5.73 Å². The third-order valence-electron chi connectivity index (χ3n) is 2.43. The van der Waals surface area contributed by atoms with Gasteiger partial charge in [0.05, 0.1) is 12.2 Å². The molecule has 0 saturated heterocycles. The van der Waals surface area contributed by atoms with Crippen molar-refractivity contribution in [3.8, 4) is 0 Å². The highest BCUT2D eigenvalue weighted by Gasteiger charge is 2.13. The fourth-order valence-electron chi connectivity index (χ4n) is 1.71. The van der Waals surface area contributed by atoms with Gasteiger partial charge in [0.25, 0.3) is 0 Å². The van der Waals surface area contributed by atoms with E-state index in [-0.39, 0.29) is 0 Å². The van der Waals surface area contributed by atoms with Crippen LogP contribution in [-0.4, -0.2) is 20.0 Å². The highest BCUT2D eigenvalue weighted by molar-refractivity contribution is 5.35. The molecule has 0 aliphatic carbocycles. The first-order valence-corrected chi connectivity index (χ1v) is 5.26. The van der Waals surface area contributed by atoms with Gasteiger partial charge in [-0.3, -0.25) is 4.98 Å². The third-order valence-corrected chi connectivity index (χ3v) is 2.43. The van der Waals surface area contributed by atoms with Gasteiger partial charge in [0, 0.05) is 12.4 Å². The molecule has 5 nitrogen and oxygen atoms in total. The van der Waals surface area contributed by atoms with E-state index in [4.69, 9.17) is 5.73 Å². The molecule has 0 spiro atoms. The maximum atomic E-state index is 5.79. The Bertz CT molecular complexity index is 460. The van der Waals surface area contributed by atoms with E-state index in [1.165, 1.54) is 0 Å². The molecule has 0 bridgehead atoms. The molecule has 0 fully saturated rings. The number of aromatic nitrogens is 4. The number of pyridine rings is 1. The van der Waals surface area contributed by atoms with Crippen molar-refractivity contribution in [2.24, 2.45) is 0 Å². The minimum Gasteiger partial charge on any atom is -0.381 e. The van der Waals surface area contributed by atoms with Gasteiger partial charge in [0.1, 0.15) is 0 Å². The summed E-state index contributed by atoms with van der Waals surface area (Å²) >= 11 is 0. The SMILES string of the molecule is CC(C)c1c(N)nnn1Cc1ccncc1. The third kappa shape index (κ3) is 2.03. The van der Waals surface area contributed by atoms with Crippen LogP contribution in [0.4, 0.5) is 5.82 Å². The molecule has 0 aliphatic rings. The molecule has 2 aromatic heterocycles. The van der Waals surface area contributed by atoms with E-state index in [0.717, 1.165) is 11.3 Å². The van der Waals surface area contributed by atoms with Gasteiger partial charge >= 0.3 is 0 Å². The first-order chi connectivity index (χ1) is 7.68. The van der Waals surface area contributed by atoms with Crippen molar-refractivity contribution in [2.75, 3.05) is 5.73 Å². The molecule has 5 heteroatoms. The molecule has 0 aliphatic heterocycles. The quantitative estimate of drug-likeness (QED) is 0.844. The van der Waals surface area contributed by atoms with Crippen LogP contribution in [0.2, 0.25) is 0 Å². The molecular weight excluding hydrogens is 202 g/mol. The zero-order chi connectivity index (χ0) is 11.5. The van der Waals surface area contributed by atoms with Crippen molar-refractivity contribution >= 4 is 5.82 Å². The fourth-order valence-corrected chi connectivity index (χ4v) is 1.71. The van der Waals surface area contributed by atoms with E-state index in [1.54, 1.807) is 12.4 Å². The van der Waals surface area contributed by atoms with Gasteiger partial charge in [0.2, 0.25) is 0 Å². The molecule has 0 atom stereocenters. The first kappa shape index (κ1) is 10.6. The Kier molecular flexibility index (Phi) is 2.85. The van der Waals surface area contributed by atoms with Crippen LogP contribution in [0.5, 0.6) is 0 Å². The van der Waals surface area contributed by atoms with Gasteiger partial charge in [-0.2, -0.15) is 0 Å². The summed E-state index contributed by atoms with van der Waals surface area (Å²) in [6.45, 7) is 4.84. The predicted octanol–water partition coefficient (Wildman–Crippen LogP) is 1.43. The van der Waals surface area contributed by atoms with Crippen molar-refractivity contribution in [1.82, 2.24) is 20.0 Å². The van der Waals surface area contributed by atoms with Crippen LogP contribution in [0.1, 0.15) is 31.0 Å². The average molecular weight is 217 g/mol.